The van der Waals surface area contributed by atoms with Crippen molar-refractivity contribution in [3.63, 3.8) is 0 Å². The fourth-order valence-corrected chi connectivity index (χ4v) is 1.73. The van der Waals surface area contributed by atoms with Crippen LogP contribution >= 0.6 is 0 Å². The van der Waals surface area contributed by atoms with Crippen LogP contribution in [0, 0.1) is 24.1 Å². The van der Waals surface area contributed by atoms with E-state index >= 15 is 0 Å². The molecule has 1 aliphatic carbocycles. The van der Waals surface area contributed by atoms with E-state index in [1.807, 2.05) is 6.92 Å². The average Bonchev–Trinajstić information content (AvgIpc) is 2.85. The summed E-state index contributed by atoms with van der Waals surface area (Å²) in [5, 5.41) is 8.96. The molecule has 0 atom stereocenters. The molecule has 0 unspecified atom stereocenters. The van der Waals surface area contributed by atoms with Crippen molar-refractivity contribution in [2.24, 2.45) is 0 Å². The monoisotopic (exact) mass is 175 g/mol. The predicted octanol–water partition coefficient (Wildman–Crippen LogP) is 2.69. The molecule has 66 valence electrons. The van der Waals surface area contributed by atoms with Crippen LogP contribution in [-0.2, 0) is 5.41 Å². The minimum atomic E-state index is -0.294. The third-order valence-corrected chi connectivity index (χ3v) is 2.67. The molecule has 0 N–H and O–H groups in total. The van der Waals surface area contributed by atoms with E-state index in [9.17, 15) is 4.39 Å². The van der Waals surface area contributed by atoms with Gasteiger partial charge in [-0.3, -0.25) is 0 Å². The molecule has 1 aromatic rings. The molecule has 1 aliphatic rings. The first-order chi connectivity index (χ1) is 6.18. The molecule has 0 saturated heterocycles. The fourth-order valence-electron chi connectivity index (χ4n) is 1.73. The van der Waals surface area contributed by atoms with Crippen LogP contribution in [0.4, 0.5) is 4.39 Å². The van der Waals surface area contributed by atoms with Crippen LogP contribution in [0.1, 0.15) is 24.0 Å². The summed E-state index contributed by atoms with van der Waals surface area (Å²) >= 11 is 0. The zero-order valence-electron chi connectivity index (χ0n) is 7.47. The van der Waals surface area contributed by atoms with Crippen LogP contribution in [0.5, 0.6) is 0 Å². The van der Waals surface area contributed by atoms with Gasteiger partial charge in [0.2, 0.25) is 0 Å². The largest absolute Gasteiger partial charge is 0.207 e. The van der Waals surface area contributed by atoms with Crippen LogP contribution in [-0.4, -0.2) is 0 Å². The maximum atomic E-state index is 12.8. The summed E-state index contributed by atoms with van der Waals surface area (Å²) in [6.07, 6.45) is 1.83. The van der Waals surface area contributed by atoms with E-state index in [1.165, 1.54) is 12.1 Å². The Hall–Kier alpha value is -1.36. The number of nitrogens with zero attached hydrogens (tertiary/aromatic N) is 1. The smallest absolute Gasteiger partial charge is 0.123 e. The standard InChI is InChI=1S/C11H10FN/c1-8-6-9(12)2-3-10(8)11(7-13)4-5-11/h2-3,6H,4-5H2,1H3. The zero-order chi connectivity index (χ0) is 9.47. The topological polar surface area (TPSA) is 23.8 Å². The highest BCUT2D eigenvalue weighted by Crippen LogP contribution is 2.48. The first-order valence-electron chi connectivity index (χ1n) is 4.36. The summed E-state index contributed by atoms with van der Waals surface area (Å²) in [5.74, 6) is -0.227. The lowest BCUT2D eigenvalue weighted by molar-refractivity contribution is 0.624. The number of hydrogen-bond acceptors (Lipinski definition) is 1. The number of hydrogen-bond donors (Lipinski definition) is 0. The average molecular weight is 175 g/mol. The van der Waals surface area contributed by atoms with Gasteiger partial charge in [0.25, 0.3) is 0 Å². The number of nitriles is 1. The van der Waals surface area contributed by atoms with Crippen molar-refractivity contribution in [1.29, 1.82) is 5.26 Å². The lowest BCUT2D eigenvalue weighted by Gasteiger charge is -2.09. The van der Waals surface area contributed by atoms with Gasteiger partial charge in [-0.05, 0) is 43.0 Å². The summed E-state index contributed by atoms with van der Waals surface area (Å²) in [6.45, 7) is 1.86. The van der Waals surface area contributed by atoms with Crippen molar-refractivity contribution in [3.8, 4) is 6.07 Å². The number of rotatable bonds is 1. The molecular weight excluding hydrogens is 165 g/mol. The number of benzene rings is 1. The molecule has 0 bridgehead atoms. The van der Waals surface area contributed by atoms with Crippen LogP contribution < -0.4 is 0 Å². The van der Waals surface area contributed by atoms with E-state index in [2.05, 4.69) is 6.07 Å². The lowest BCUT2D eigenvalue weighted by atomic mass is 9.93. The Kier molecular flexibility index (Phi) is 1.63. The highest BCUT2D eigenvalue weighted by Gasteiger charge is 2.45. The summed E-state index contributed by atoms with van der Waals surface area (Å²) in [5.41, 5.74) is 1.59. The normalized spacial score (nSPS) is 17.9. The third kappa shape index (κ3) is 1.21. The predicted molar refractivity (Wildman–Crippen MR) is 47.7 cm³/mol. The second kappa shape index (κ2) is 2.56. The van der Waals surface area contributed by atoms with Gasteiger partial charge in [-0.2, -0.15) is 5.26 Å². The Morgan fingerprint density at radius 1 is 1.46 bits per heavy atom. The van der Waals surface area contributed by atoms with Gasteiger partial charge in [-0.1, -0.05) is 6.07 Å². The first-order valence-corrected chi connectivity index (χ1v) is 4.36. The van der Waals surface area contributed by atoms with Gasteiger partial charge in [0.15, 0.2) is 0 Å². The van der Waals surface area contributed by atoms with Gasteiger partial charge >= 0.3 is 0 Å². The molecule has 0 radical (unpaired) electrons. The molecule has 1 nitrogen and oxygen atoms in total. The van der Waals surface area contributed by atoms with E-state index < -0.39 is 0 Å². The zero-order valence-corrected chi connectivity index (χ0v) is 7.47. The van der Waals surface area contributed by atoms with E-state index in [0.717, 1.165) is 24.0 Å². The summed E-state index contributed by atoms with van der Waals surface area (Å²) < 4.78 is 12.8. The number of halogens is 1. The van der Waals surface area contributed by atoms with Crippen molar-refractivity contribution in [1.82, 2.24) is 0 Å². The van der Waals surface area contributed by atoms with Gasteiger partial charge in [0, 0.05) is 0 Å². The van der Waals surface area contributed by atoms with Crippen molar-refractivity contribution in [2.75, 3.05) is 0 Å². The number of aryl methyl sites for hydroxylation is 1. The lowest BCUT2D eigenvalue weighted by Crippen LogP contribution is -2.05. The second-order valence-corrected chi connectivity index (χ2v) is 3.65. The van der Waals surface area contributed by atoms with Gasteiger partial charge in [-0.25, -0.2) is 4.39 Å². The maximum Gasteiger partial charge on any atom is 0.123 e. The Morgan fingerprint density at radius 3 is 2.62 bits per heavy atom. The summed E-state index contributed by atoms with van der Waals surface area (Å²) in [4.78, 5) is 0. The maximum absolute atomic E-state index is 12.8. The Bertz CT molecular complexity index is 386. The Labute approximate surface area is 76.8 Å². The quantitative estimate of drug-likeness (QED) is 0.643. The molecular formula is C11H10FN. The van der Waals surface area contributed by atoms with Crippen LogP contribution in [0.2, 0.25) is 0 Å². The molecule has 2 rings (SSSR count). The van der Waals surface area contributed by atoms with E-state index in [0.29, 0.717) is 0 Å². The van der Waals surface area contributed by atoms with Gasteiger partial charge in [-0.15, -0.1) is 0 Å². The van der Waals surface area contributed by atoms with E-state index in [1.54, 1.807) is 6.07 Å². The SMILES string of the molecule is Cc1cc(F)ccc1C1(C#N)CC1. The molecule has 0 spiro atoms. The van der Waals surface area contributed by atoms with Crippen LogP contribution in [0.25, 0.3) is 0 Å². The molecule has 13 heavy (non-hydrogen) atoms. The molecule has 0 aromatic heterocycles. The van der Waals surface area contributed by atoms with Gasteiger partial charge in [0.05, 0.1) is 11.5 Å². The van der Waals surface area contributed by atoms with Crippen LogP contribution in [0.3, 0.4) is 0 Å². The fraction of sp³-hybridized carbons (Fsp3) is 0.364. The van der Waals surface area contributed by atoms with Gasteiger partial charge < -0.3 is 0 Å². The van der Waals surface area contributed by atoms with E-state index in [4.69, 9.17) is 5.26 Å². The van der Waals surface area contributed by atoms with E-state index in [-0.39, 0.29) is 11.2 Å². The molecule has 0 amide bonds. The van der Waals surface area contributed by atoms with Crippen molar-refractivity contribution in [2.45, 2.75) is 25.2 Å². The molecule has 0 heterocycles. The summed E-state index contributed by atoms with van der Waals surface area (Å²) in [7, 11) is 0. The molecule has 0 aliphatic heterocycles. The first kappa shape index (κ1) is 8.25. The van der Waals surface area contributed by atoms with Gasteiger partial charge in [0.1, 0.15) is 5.82 Å². The molecule has 1 saturated carbocycles. The highest BCUT2D eigenvalue weighted by atomic mass is 19.1. The highest BCUT2D eigenvalue weighted by molar-refractivity contribution is 5.43. The Morgan fingerprint density at radius 2 is 2.15 bits per heavy atom. The van der Waals surface area contributed by atoms with Crippen molar-refractivity contribution >= 4 is 0 Å². The molecule has 1 aromatic carbocycles. The third-order valence-electron chi connectivity index (χ3n) is 2.67. The molecule has 2 heteroatoms. The van der Waals surface area contributed by atoms with Crippen molar-refractivity contribution < 1.29 is 4.39 Å². The second-order valence-electron chi connectivity index (χ2n) is 3.65. The van der Waals surface area contributed by atoms with Crippen molar-refractivity contribution in [3.05, 3.63) is 35.1 Å². The minimum Gasteiger partial charge on any atom is -0.207 e. The molecule has 1 fully saturated rings. The summed E-state index contributed by atoms with van der Waals surface area (Å²) in [6, 6.07) is 6.97. The Balaban J connectivity index is 2.48. The van der Waals surface area contributed by atoms with Crippen LogP contribution in [0.15, 0.2) is 18.2 Å². The minimum absolute atomic E-state index is 0.227.